The molecule has 1 aliphatic heterocycles. The van der Waals surface area contributed by atoms with Crippen LogP contribution >= 0.6 is 11.6 Å². The van der Waals surface area contributed by atoms with Crippen LogP contribution in [0.25, 0.3) is 0 Å². The number of nitrogens with zero attached hydrogens (tertiary/aromatic N) is 2. The van der Waals surface area contributed by atoms with Gasteiger partial charge in [0, 0.05) is 42.2 Å². The van der Waals surface area contributed by atoms with Crippen molar-refractivity contribution in [1.29, 1.82) is 0 Å². The molecule has 0 saturated carbocycles. The van der Waals surface area contributed by atoms with Crippen molar-refractivity contribution in [3.63, 3.8) is 0 Å². The van der Waals surface area contributed by atoms with E-state index in [1.165, 1.54) is 0 Å². The predicted molar refractivity (Wildman–Crippen MR) is 106 cm³/mol. The van der Waals surface area contributed by atoms with E-state index < -0.39 is 0 Å². The van der Waals surface area contributed by atoms with Crippen LogP contribution in [0.4, 0.5) is 0 Å². The van der Waals surface area contributed by atoms with Gasteiger partial charge in [0.1, 0.15) is 0 Å². The second kappa shape index (κ2) is 9.74. The zero-order valence-corrected chi connectivity index (χ0v) is 17.0. The third-order valence-electron chi connectivity index (χ3n) is 4.70. The molecule has 1 aromatic rings. The molecule has 1 heterocycles. The first-order valence-electron chi connectivity index (χ1n) is 9.44. The maximum absolute atomic E-state index is 12.8. The van der Waals surface area contributed by atoms with E-state index in [2.05, 4.69) is 5.32 Å². The SMILES string of the molecule is CCN(CC(=O)NC(C)C)C(=O)C1CCN(C(=O)c2ccc(Cl)cc2)CC1. The van der Waals surface area contributed by atoms with Crippen LogP contribution in [0.2, 0.25) is 5.02 Å². The molecule has 1 aliphatic rings. The summed E-state index contributed by atoms with van der Waals surface area (Å²) in [5.41, 5.74) is 0.602. The lowest BCUT2D eigenvalue weighted by atomic mass is 9.94. The van der Waals surface area contributed by atoms with Gasteiger partial charge < -0.3 is 15.1 Å². The number of hydrogen-bond donors (Lipinski definition) is 1. The molecule has 0 unspecified atom stereocenters. The van der Waals surface area contributed by atoms with E-state index in [0.29, 0.717) is 43.1 Å². The first-order chi connectivity index (χ1) is 12.8. The number of piperidine rings is 1. The smallest absolute Gasteiger partial charge is 0.253 e. The highest BCUT2D eigenvalue weighted by Gasteiger charge is 2.30. The van der Waals surface area contributed by atoms with E-state index in [4.69, 9.17) is 11.6 Å². The lowest BCUT2D eigenvalue weighted by molar-refractivity contribution is -0.140. The lowest BCUT2D eigenvalue weighted by Crippen LogP contribution is -2.47. The molecule has 0 atom stereocenters. The molecular formula is C20H28ClN3O3. The Morgan fingerprint density at radius 1 is 1.19 bits per heavy atom. The summed E-state index contributed by atoms with van der Waals surface area (Å²) in [6, 6.07) is 6.88. The van der Waals surface area contributed by atoms with E-state index >= 15 is 0 Å². The van der Waals surface area contributed by atoms with Crippen LogP contribution in [0.5, 0.6) is 0 Å². The Kier molecular flexibility index (Phi) is 7.66. The molecule has 2 rings (SSSR count). The summed E-state index contributed by atoms with van der Waals surface area (Å²) in [5, 5.41) is 3.41. The van der Waals surface area contributed by atoms with Gasteiger partial charge in [-0.1, -0.05) is 11.6 Å². The summed E-state index contributed by atoms with van der Waals surface area (Å²) < 4.78 is 0. The average molecular weight is 394 g/mol. The van der Waals surface area contributed by atoms with Crippen molar-refractivity contribution in [1.82, 2.24) is 15.1 Å². The molecule has 1 saturated heterocycles. The molecule has 27 heavy (non-hydrogen) atoms. The number of rotatable bonds is 6. The van der Waals surface area contributed by atoms with Crippen LogP contribution in [0, 0.1) is 5.92 Å². The summed E-state index contributed by atoms with van der Waals surface area (Å²) in [5.74, 6) is -0.335. The topological polar surface area (TPSA) is 69.7 Å². The van der Waals surface area contributed by atoms with Crippen molar-refractivity contribution in [3.05, 3.63) is 34.9 Å². The maximum Gasteiger partial charge on any atom is 0.253 e. The molecule has 1 N–H and O–H groups in total. The van der Waals surface area contributed by atoms with Gasteiger partial charge in [0.25, 0.3) is 5.91 Å². The van der Waals surface area contributed by atoms with Crippen LogP contribution < -0.4 is 5.32 Å². The molecular weight excluding hydrogens is 366 g/mol. The quantitative estimate of drug-likeness (QED) is 0.807. The largest absolute Gasteiger partial charge is 0.352 e. The number of hydrogen-bond acceptors (Lipinski definition) is 3. The second-order valence-corrected chi connectivity index (χ2v) is 7.58. The van der Waals surface area contributed by atoms with Gasteiger partial charge in [-0.05, 0) is 57.9 Å². The normalized spacial score (nSPS) is 14.9. The highest BCUT2D eigenvalue weighted by Crippen LogP contribution is 2.22. The van der Waals surface area contributed by atoms with E-state index in [1.54, 1.807) is 34.1 Å². The standard InChI is InChI=1S/C20H28ClN3O3/c1-4-23(13-18(25)22-14(2)3)19(26)16-9-11-24(12-10-16)20(27)15-5-7-17(21)8-6-15/h5-8,14,16H,4,9-13H2,1-3H3,(H,22,25). The third kappa shape index (κ3) is 5.96. The molecule has 3 amide bonds. The van der Waals surface area contributed by atoms with Gasteiger partial charge >= 0.3 is 0 Å². The zero-order chi connectivity index (χ0) is 20.0. The van der Waals surface area contributed by atoms with Crippen molar-refractivity contribution in [2.45, 2.75) is 39.7 Å². The lowest BCUT2D eigenvalue weighted by Gasteiger charge is -2.34. The minimum atomic E-state index is -0.147. The third-order valence-corrected chi connectivity index (χ3v) is 4.95. The zero-order valence-electron chi connectivity index (χ0n) is 16.2. The molecule has 7 heteroatoms. The Balaban J connectivity index is 1.89. The summed E-state index contributed by atoms with van der Waals surface area (Å²) >= 11 is 5.87. The summed E-state index contributed by atoms with van der Waals surface area (Å²) in [4.78, 5) is 40.7. The number of nitrogens with one attached hydrogen (secondary N) is 1. The van der Waals surface area contributed by atoms with Crippen LogP contribution in [-0.2, 0) is 9.59 Å². The molecule has 0 radical (unpaired) electrons. The van der Waals surface area contributed by atoms with Crippen molar-refractivity contribution in [3.8, 4) is 0 Å². The fourth-order valence-electron chi connectivity index (χ4n) is 3.25. The Labute approximate surface area is 165 Å². The number of benzene rings is 1. The van der Waals surface area contributed by atoms with Crippen LogP contribution in [0.1, 0.15) is 44.0 Å². The average Bonchev–Trinajstić information content (AvgIpc) is 2.65. The van der Waals surface area contributed by atoms with Crippen molar-refractivity contribution in [2.24, 2.45) is 5.92 Å². The first kappa shape index (κ1) is 21.2. The fourth-order valence-corrected chi connectivity index (χ4v) is 3.38. The molecule has 6 nitrogen and oxygen atoms in total. The van der Waals surface area contributed by atoms with Gasteiger partial charge in [-0.3, -0.25) is 14.4 Å². The fraction of sp³-hybridized carbons (Fsp3) is 0.550. The molecule has 1 fully saturated rings. The highest BCUT2D eigenvalue weighted by atomic mass is 35.5. The Bertz CT molecular complexity index is 668. The number of likely N-dealkylation sites (tertiary alicyclic amines) is 1. The van der Waals surface area contributed by atoms with Gasteiger partial charge in [0.05, 0.1) is 6.54 Å². The molecule has 1 aromatic carbocycles. The summed E-state index contributed by atoms with van der Waals surface area (Å²) in [6.45, 7) is 7.31. The van der Waals surface area contributed by atoms with Gasteiger partial charge in [-0.25, -0.2) is 0 Å². The van der Waals surface area contributed by atoms with Gasteiger partial charge in [-0.2, -0.15) is 0 Å². The number of likely N-dealkylation sites (N-methyl/N-ethyl adjacent to an activating group) is 1. The second-order valence-electron chi connectivity index (χ2n) is 7.15. The first-order valence-corrected chi connectivity index (χ1v) is 9.82. The maximum atomic E-state index is 12.8. The minimum Gasteiger partial charge on any atom is -0.352 e. The van der Waals surface area contributed by atoms with Crippen LogP contribution in [0.3, 0.4) is 0 Å². The highest BCUT2D eigenvalue weighted by molar-refractivity contribution is 6.30. The summed E-state index contributed by atoms with van der Waals surface area (Å²) in [6.07, 6.45) is 1.22. The Morgan fingerprint density at radius 3 is 2.30 bits per heavy atom. The number of carbonyl (C=O) groups excluding carboxylic acids is 3. The van der Waals surface area contributed by atoms with E-state index in [0.717, 1.165) is 0 Å². The summed E-state index contributed by atoms with van der Waals surface area (Å²) in [7, 11) is 0. The van der Waals surface area contributed by atoms with E-state index in [-0.39, 0.29) is 36.2 Å². The van der Waals surface area contributed by atoms with Crippen LogP contribution in [-0.4, -0.2) is 59.7 Å². The van der Waals surface area contributed by atoms with E-state index in [9.17, 15) is 14.4 Å². The molecule has 148 valence electrons. The number of halogens is 1. The van der Waals surface area contributed by atoms with Gasteiger partial charge in [-0.15, -0.1) is 0 Å². The molecule has 0 spiro atoms. The predicted octanol–water partition coefficient (Wildman–Crippen LogP) is 2.57. The van der Waals surface area contributed by atoms with E-state index in [1.807, 2.05) is 20.8 Å². The molecule has 0 bridgehead atoms. The van der Waals surface area contributed by atoms with Gasteiger partial charge in [0.15, 0.2) is 0 Å². The molecule has 0 aliphatic carbocycles. The van der Waals surface area contributed by atoms with Crippen LogP contribution in [0.15, 0.2) is 24.3 Å². The monoisotopic (exact) mass is 393 g/mol. The van der Waals surface area contributed by atoms with Crippen molar-refractivity contribution < 1.29 is 14.4 Å². The Hall–Kier alpha value is -2.08. The number of carbonyl (C=O) groups is 3. The Morgan fingerprint density at radius 2 is 1.78 bits per heavy atom. The van der Waals surface area contributed by atoms with Crippen molar-refractivity contribution >= 4 is 29.3 Å². The minimum absolute atomic E-state index is 0.00463. The van der Waals surface area contributed by atoms with Crippen molar-refractivity contribution in [2.75, 3.05) is 26.2 Å². The number of amides is 3. The van der Waals surface area contributed by atoms with Gasteiger partial charge in [0.2, 0.25) is 11.8 Å². The molecule has 0 aromatic heterocycles.